The first-order valence-electron chi connectivity index (χ1n) is 6.96. The van der Waals surface area contributed by atoms with Crippen molar-refractivity contribution in [2.24, 2.45) is 5.92 Å². The van der Waals surface area contributed by atoms with Crippen molar-refractivity contribution in [3.8, 4) is 0 Å². The van der Waals surface area contributed by atoms with Crippen molar-refractivity contribution in [2.45, 2.75) is 38.6 Å². The smallest absolute Gasteiger partial charge is 0.251 e. The summed E-state index contributed by atoms with van der Waals surface area (Å²) >= 11 is 0. The van der Waals surface area contributed by atoms with Crippen molar-refractivity contribution in [1.82, 2.24) is 15.5 Å². The van der Waals surface area contributed by atoms with Gasteiger partial charge in [0.2, 0.25) is 0 Å². The Balaban J connectivity index is 1.69. The zero-order valence-corrected chi connectivity index (χ0v) is 11.1. The predicted molar refractivity (Wildman–Crippen MR) is 75.0 cm³/mol. The van der Waals surface area contributed by atoms with Crippen molar-refractivity contribution in [1.29, 1.82) is 0 Å². The van der Waals surface area contributed by atoms with Gasteiger partial charge in [0.05, 0.1) is 11.7 Å². The normalized spacial score (nSPS) is 23.4. The van der Waals surface area contributed by atoms with Crippen LogP contribution < -0.4 is 5.32 Å². The standard InChI is InChI=1S/C15H19N3O/c1-10-2-6-13(7-3-10)17-15(19)11-4-5-12-9-16-18-14(12)8-11/h4-5,8-10,13H,2-3,6-7H2,1H3,(H,16,18)(H,17,19). The van der Waals surface area contributed by atoms with Gasteiger partial charge < -0.3 is 5.32 Å². The highest BCUT2D eigenvalue weighted by Crippen LogP contribution is 2.23. The Morgan fingerprint density at radius 1 is 1.32 bits per heavy atom. The monoisotopic (exact) mass is 257 g/mol. The van der Waals surface area contributed by atoms with E-state index in [0.717, 1.165) is 29.7 Å². The van der Waals surface area contributed by atoms with E-state index in [9.17, 15) is 4.79 Å². The van der Waals surface area contributed by atoms with Crippen LogP contribution in [0.4, 0.5) is 0 Å². The van der Waals surface area contributed by atoms with Gasteiger partial charge in [-0.2, -0.15) is 5.10 Å². The molecule has 0 unspecified atom stereocenters. The summed E-state index contributed by atoms with van der Waals surface area (Å²) in [5.41, 5.74) is 1.61. The highest BCUT2D eigenvalue weighted by atomic mass is 16.1. The van der Waals surface area contributed by atoms with Gasteiger partial charge in [0.15, 0.2) is 0 Å². The number of nitrogens with zero attached hydrogens (tertiary/aromatic N) is 1. The average molecular weight is 257 g/mol. The van der Waals surface area contributed by atoms with Gasteiger partial charge in [0.1, 0.15) is 0 Å². The van der Waals surface area contributed by atoms with Crippen LogP contribution in [0.2, 0.25) is 0 Å². The minimum Gasteiger partial charge on any atom is -0.349 e. The number of fused-ring (bicyclic) bond motifs is 1. The van der Waals surface area contributed by atoms with Crippen LogP contribution >= 0.6 is 0 Å². The van der Waals surface area contributed by atoms with Gasteiger partial charge in [0.25, 0.3) is 5.91 Å². The molecule has 3 rings (SSSR count). The Hall–Kier alpha value is -1.84. The van der Waals surface area contributed by atoms with Crippen LogP contribution in [0, 0.1) is 5.92 Å². The Morgan fingerprint density at radius 2 is 2.11 bits per heavy atom. The molecule has 0 spiro atoms. The van der Waals surface area contributed by atoms with E-state index in [1.165, 1.54) is 12.8 Å². The van der Waals surface area contributed by atoms with Crippen molar-refractivity contribution in [3.05, 3.63) is 30.0 Å². The lowest BCUT2D eigenvalue weighted by Gasteiger charge is -2.26. The summed E-state index contributed by atoms with van der Waals surface area (Å²) in [7, 11) is 0. The fourth-order valence-electron chi connectivity index (χ4n) is 2.75. The first-order valence-corrected chi connectivity index (χ1v) is 6.96. The molecule has 0 bridgehead atoms. The molecule has 1 aliphatic carbocycles. The van der Waals surface area contributed by atoms with Gasteiger partial charge >= 0.3 is 0 Å². The molecule has 100 valence electrons. The van der Waals surface area contributed by atoms with Gasteiger partial charge in [-0.25, -0.2) is 0 Å². The first kappa shape index (κ1) is 12.2. The van der Waals surface area contributed by atoms with E-state index in [1.807, 2.05) is 18.2 Å². The fraction of sp³-hybridized carbons (Fsp3) is 0.467. The summed E-state index contributed by atoms with van der Waals surface area (Å²) in [6, 6.07) is 5.99. The largest absolute Gasteiger partial charge is 0.349 e. The van der Waals surface area contributed by atoms with Gasteiger partial charge in [-0.1, -0.05) is 13.0 Å². The molecule has 4 heteroatoms. The summed E-state index contributed by atoms with van der Waals surface area (Å²) in [5, 5.41) is 11.0. The third-order valence-electron chi connectivity index (χ3n) is 4.06. The molecule has 0 atom stereocenters. The summed E-state index contributed by atoms with van der Waals surface area (Å²) in [6.07, 6.45) is 6.38. The van der Waals surface area contributed by atoms with E-state index in [1.54, 1.807) is 6.20 Å². The van der Waals surface area contributed by atoms with Crippen LogP contribution in [0.1, 0.15) is 43.0 Å². The highest BCUT2D eigenvalue weighted by molar-refractivity contribution is 5.97. The number of nitrogens with one attached hydrogen (secondary N) is 2. The second-order valence-corrected chi connectivity index (χ2v) is 5.60. The maximum absolute atomic E-state index is 12.2. The molecule has 0 saturated heterocycles. The molecule has 4 nitrogen and oxygen atoms in total. The van der Waals surface area contributed by atoms with Crippen molar-refractivity contribution in [3.63, 3.8) is 0 Å². The molecule has 1 saturated carbocycles. The molecule has 1 amide bonds. The lowest BCUT2D eigenvalue weighted by atomic mass is 9.87. The van der Waals surface area contributed by atoms with Crippen LogP contribution in [0.25, 0.3) is 10.9 Å². The number of hydrogen-bond acceptors (Lipinski definition) is 2. The zero-order valence-electron chi connectivity index (χ0n) is 11.1. The van der Waals surface area contributed by atoms with Gasteiger partial charge in [-0.15, -0.1) is 0 Å². The van der Waals surface area contributed by atoms with E-state index in [4.69, 9.17) is 0 Å². The number of carbonyl (C=O) groups excluding carboxylic acids is 1. The molecule has 2 aromatic rings. The first-order chi connectivity index (χ1) is 9.22. The van der Waals surface area contributed by atoms with E-state index in [-0.39, 0.29) is 5.91 Å². The summed E-state index contributed by atoms with van der Waals surface area (Å²) < 4.78 is 0. The second-order valence-electron chi connectivity index (χ2n) is 5.60. The van der Waals surface area contributed by atoms with Crippen LogP contribution in [0.5, 0.6) is 0 Å². The molecule has 1 aromatic heterocycles. The minimum atomic E-state index is 0.0241. The number of amides is 1. The molecular formula is C15H19N3O. The summed E-state index contributed by atoms with van der Waals surface area (Å²) in [6.45, 7) is 2.28. The maximum atomic E-state index is 12.2. The Morgan fingerprint density at radius 3 is 2.89 bits per heavy atom. The van der Waals surface area contributed by atoms with Gasteiger partial charge in [-0.3, -0.25) is 9.89 Å². The van der Waals surface area contributed by atoms with Crippen LogP contribution in [-0.4, -0.2) is 22.1 Å². The number of H-pyrrole nitrogens is 1. The Kier molecular flexibility index (Phi) is 3.23. The lowest BCUT2D eigenvalue weighted by Crippen LogP contribution is -2.37. The van der Waals surface area contributed by atoms with E-state index in [2.05, 4.69) is 22.4 Å². The fourth-order valence-corrected chi connectivity index (χ4v) is 2.75. The second kappa shape index (κ2) is 5.03. The number of rotatable bonds is 2. The zero-order chi connectivity index (χ0) is 13.2. The third kappa shape index (κ3) is 2.62. The van der Waals surface area contributed by atoms with Crippen molar-refractivity contribution < 1.29 is 4.79 Å². The SMILES string of the molecule is CC1CCC(NC(=O)c2ccc3cn[nH]c3c2)CC1. The highest BCUT2D eigenvalue weighted by Gasteiger charge is 2.20. The minimum absolute atomic E-state index is 0.0241. The van der Waals surface area contributed by atoms with Gasteiger partial charge in [0, 0.05) is 17.0 Å². The van der Waals surface area contributed by atoms with Crippen molar-refractivity contribution in [2.75, 3.05) is 0 Å². The Bertz CT molecular complexity index is 582. The predicted octanol–water partition coefficient (Wildman–Crippen LogP) is 2.87. The van der Waals surface area contributed by atoms with E-state index in [0.29, 0.717) is 11.6 Å². The number of benzene rings is 1. The van der Waals surface area contributed by atoms with Crippen LogP contribution in [-0.2, 0) is 0 Å². The molecule has 0 aliphatic heterocycles. The molecule has 19 heavy (non-hydrogen) atoms. The quantitative estimate of drug-likeness (QED) is 0.869. The number of carbonyl (C=O) groups is 1. The van der Waals surface area contributed by atoms with Crippen molar-refractivity contribution >= 4 is 16.8 Å². The lowest BCUT2D eigenvalue weighted by molar-refractivity contribution is 0.0923. The molecule has 2 N–H and O–H groups in total. The molecule has 1 heterocycles. The summed E-state index contributed by atoms with van der Waals surface area (Å²) in [4.78, 5) is 12.2. The topological polar surface area (TPSA) is 57.8 Å². The molecule has 0 radical (unpaired) electrons. The third-order valence-corrected chi connectivity index (χ3v) is 4.06. The average Bonchev–Trinajstić information content (AvgIpc) is 2.88. The molecule has 1 aromatic carbocycles. The van der Waals surface area contributed by atoms with Crippen LogP contribution in [0.15, 0.2) is 24.4 Å². The maximum Gasteiger partial charge on any atom is 0.251 e. The van der Waals surface area contributed by atoms with Gasteiger partial charge in [-0.05, 0) is 43.7 Å². The summed E-state index contributed by atoms with van der Waals surface area (Å²) in [5.74, 6) is 0.825. The molecular weight excluding hydrogens is 238 g/mol. The number of aromatic amines is 1. The number of hydrogen-bond donors (Lipinski definition) is 2. The van der Waals surface area contributed by atoms with Crippen LogP contribution in [0.3, 0.4) is 0 Å². The number of aromatic nitrogens is 2. The van der Waals surface area contributed by atoms with E-state index >= 15 is 0 Å². The van der Waals surface area contributed by atoms with E-state index < -0.39 is 0 Å². The molecule has 1 fully saturated rings. The molecule has 1 aliphatic rings. The Labute approximate surface area is 112 Å².